The topological polar surface area (TPSA) is 79.0 Å². The van der Waals surface area contributed by atoms with Gasteiger partial charge in [-0.25, -0.2) is 4.79 Å². The number of piperidine rings is 1. The van der Waals surface area contributed by atoms with Gasteiger partial charge in [0.25, 0.3) is 5.91 Å². The van der Waals surface area contributed by atoms with E-state index in [-0.39, 0.29) is 24.5 Å². The largest absolute Gasteiger partial charge is 0.452 e. The highest BCUT2D eigenvalue weighted by Crippen LogP contribution is 2.37. The van der Waals surface area contributed by atoms with Crippen LogP contribution in [0.2, 0.25) is 0 Å². The second kappa shape index (κ2) is 7.21. The van der Waals surface area contributed by atoms with Crippen LogP contribution in [0.25, 0.3) is 0 Å². The second-order valence-electron chi connectivity index (χ2n) is 7.71. The lowest BCUT2D eigenvalue weighted by Gasteiger charge is -2.33. The van der Waals surface area contributed by atoms with Crippen LogP contribution in [0.3, 0.4) is 0 Å². The number of hydrogen-bond donors (Lipinski definition) is 1. The zero-order valence-electron chi connectivity index (χ0n) is 15.6. The molecule has 7 nitrogen and oxygen atoms in total. The summed E-state index contributed by atoms with van der Waals surface area (Å²) in [6.07, 6.45) is 3.81. The van der Waals surface area contributed by atoms with E-state index in [0.717, 1.165) is 51.0 Å². The molecular weight excluding hydrogens is 346 g/mol. The van der Waals surface area contributed by atoms with Crippen molar-refractivity contribution in [2.45, 2.75) is 38.6 Å². The van der Waals surface area contributed by atoms with Crippen molar-refractivity contribution in [3.05, 3.63) is 23.8 Å². The molecule has 0 radical (unpaired) electrons. The number of benzene rings is 1. The molecule has 3 aliphatic heterocycles. The first-order valence-electron chi connectivity index (χ1n) is 9.69. The molecule has 27 heavy (non-hydrogen) atoms. The molecule has 1 aromatic rings. The minimum Gasteiger partial charge on any atom is -0.452 e. The van der Waals surface area contributed by atoms with Gasteiger partial charge in [0.2, 0.25) is 5.91 Å². The number of carbonyl (C=O) groups is 3. The number of ether oxygens (including phenoxy) is 1. The van der Waals surface area contributed by atoms with E-state index in [0.29, 0.717) is 17.2 Å². The van der Waals surface area contributed by atoms with Gasteiger partial charge >= 0.3 is 5.97 Å². The van der Waals surface area contributed by atoms with Gasteiger partial charge in [0.05, 0.1) is 16.9 Å². The van der Waals surface area contributed by atoms with Crippen LogP contribution in [0.1, 0.15) is 43.0 Å². The van der Waals surface area contributed by atoms with E-state index in [1.165, 1.54) is 0 Å². The van der Waals surface area contributed by atoms with Gasteiger partial charge in [0.15, 0.2) is 6.61 Å². The first-order valence-corrected chi connectivity index (χ1v) is 9.69. The number of nitrogens with zero attached hydrogens (tertiary/aromatic N) is 2. The van der Waals surface area contributed by atoms with Crippen molar-refractivity contribution < 1.29 is 19.1 Å². The highest BCUT2D eigenvalue weighted by molar-refractivity contribution is 6.05. The fraction of sp³-hybridized carbons (Fsp3) is 0.550. The van der Waals surface area contributed by atoms with Gasteiger partial charge in [-0.1, -0.05) is 6.92 Å². The molecule has 0 spiro atoms. The third-order valence-corrected chi connectivity index (χ3v) is 5.82. The molecule has 7 heteroatoms. The lowest BCUT2D eigenvalue weighted by molar-refractivity contribution is -0.135. The van der Waals surface area contributed by atoms with Crippen LogP contribution in [0, 0.1) is 5.92 Å². The molecule has 1 aromatic carbocycles. The molecule has 0 saturated carbocycles. The number of likely N-dealkylation sites (tertiary alicyclic amines) is 1. The second-order valence-corrected chi connectivity index (χ2v) is 7.71. The lowest BCUT2D eigenvalue weighted by atomic mass is 9.99. The van der Waals surface area contributed by atoms with Gasteiger partial charge in [0, 0.05) is 19.6 Å². The van der Waals surface area contributed by atoms with Crippen molar-refractivity contribution in [3.8, 4) is 0 Å². The number of fused-ring (bicyclic) bond motifs is 3. The maximum absolute atomic E-state index is 12.4. The Kier molecular flexibility index (Phi) is 4.76. The van der Waals surface area contributed by atoms with Crippen LogP contribution in [0.5, 0.6) is 0 Å². The Labute approximate surface area is 158 Å². The first-order chi connectivity index (χ1) is 13.0. The van der Waals surface area contributed by atoms with Crippen molar-refractivity contribution in [1.82, 2.24) is 4.90 Å². The number of anilines is 2. The SMILES string of the molecule is CC1CCN(C(=O)COC(=O)c2ccc3c(c2)NC(=O)[C@H]2CCCN32)CC1. The Morgan fingerprint density at radius 2 is 1.96 bits per heavy atom. The fourth-order valence-corrected chi connectivity index (χ4v) is 4.12. The zero-order chi connectivity index (χ0) is 19.0. The summed E-state index contributed by atoms with van der Waals surface area (Å²) in [4.78, 5) is 40.6. The van der Waals surface area contributed by atoms with Gasteiger partial charge in [0.1, 0.15) is 6.04 Å². The number of rotatable bonds is 3. The fourth-order valence-electron chi connectivity index (χ4n) is 4.12. The Hall–Kier alpha value is -2.57. The van der Waals surface area contributed by atoms with Gasteiger partial charge in [-0.3, -0.25) is 9.59 Å². The highest BCUT2D eigenvalue weighted by Gasteiger charge is 2.36. The van der Waals surface area contributed by atoms with Gasteiger partial charge in [-0.05, 0) is 49.8 Å². The maximum atomic E-state index is 12.4. The molecule has 0 bridgehead atoms. The van der Waals surface area contributed by atoms with Crippen LogP contribution in [0.4, 0.5) is 11.4 Å². The highest BCUT2D eigenvalue weighted by atomic mass is 16.5. The molecule has 3 heterocycles. The Morgan fingerprint density at radius 3 is 2.74 bits per heavy atom. The lowest BCUT2D eigenvalue weighted by Crippen LogP contribution is -2.44. The van der Waals surface area contributed by atoms with Crippen molar-refractivity contribution in [3.63, 3.8) is 0 Å². The average Bonchev–Trinajstić information content (AvgIpc) is 3.17. The zero-order valence-corrected chi connectivity index (χ0v) is 15.6. The minimum absolute atomic E-state index is 0.0278. The van der Waals surface area contributed by atoms with E-state index >= 15 is 0 Å². The summed E-state index contributed by atoms with van der Waals surface area (Å²) in [6.45, 7) is 4.22. The number of carbonyl (C=O) groups excluding carboxylic acids is 3. The molecule has 0 aromatic heterocycles. The monoisotopic (exact) mass is 371 g/mol. The summed E-state index contributed by atoms with van der Waals surface area (Å²) in [7, 11) is 0. The van der Waals surface area contributed by atoms with Crippen molar-refractivity contribution >= 4 is 29.2 Å². The van der Waals surface area contributed by atoms with Crippen LogP contribution in [-0.2, 0) is 14.3 Å². The molecule has 1 atom stereocenters. The molecule has 0 aliphatic carbocycles. The predicted octanol–water partition coefficient (Wildman–Crippen LogP) is 2.02. The quantitative estimate of drug-likeness (QED) is 0.823. The van der Waals surface area contributed by atoms with E-state index < -0.39 is 5.97 Å². The average molecular weight is 371 g/mol. The normalized spacial score (nSPS) is 22.1. The molecule has 2 amide bonds. The van der Waals surface area contributed by atoms with Gasteiger partial charge in [-0.15, -0.1) is 0 Å². The van der Waals surface area contributed by atoms with Crippen molar-refractivity contribution in [2.75, 3.05) is 36.5 Å². The van der Waals surface area contributed by atoms with Crippen LogP contribution >= 0.6 is 0 Å². The standard InChI is InChI=1S/C20H25N3O4/c1-13-6-9-22(10-7-13)18(24)12-27-20(26)14-4-5-16-15(11-14)21-19(25)17-3-2-8-23(16)17/h4-5,11,13,17H,2-3,6-10,12H2,1H3,(H,21,25)/t17-/m1/s1. The molecule has 4 rings (SSSR count). The van der Waals surface area contributed by atoms with Crippen LogP contribution < -0.4 is 10.2 Å². The van der Waals surface area contributed by atoms with Crippen LogP contribution in [-0.4, -0.2) is 55.0 Å². The van der Waals surface area contributed by atoms with Gasteiger partial charge < -0.3 is 19.9 Å². The summed E-state index contributed by atoms with van der Waals surface area (Å²) in [5, 5.41) is 2.88. The number of nitrogens with one attached hydrogen (secondary N) is 1. The molecule has 1 N–H and O–H groups in total. The number of hydrogen-bond acceptors (Lipinski definition) is 5. The van der Waals surface area contributed by atoms with E-state index in [4.69, 9.17) is 4.74 Å². The number of amides is 2. The summed E-state index contributed by atoms with van der Waals surface area (Å²) in [6, 6.07) is 5.07. The molecule has 2 fully saturated rings. The Balaban J connectivity index is 1.39. The molecule has 0 unspecified atom stereocenters. The maximum Gasteiger partial charge on any atom is 0.338 e. The number of esters is 1. The van der Waals surface area contributed by atoms with E-state index in [1.54, 1.807) is 17.0 Å². The molecule has 3 aliphatic rings. The smallest absolute Gasteiger partial charge is 0.338 e. The third kappa shape index (κ3) is 3.50. The molecular formula is C20H25N3O4. The van der Waals surface area contributed by atoms with Crippen molar-refractivity contribution in [2.24, 2.45) is 5.92 Å². The van der Waals surface area contributed by atoms with Crippen molar-refractivity contribution in [1.29, 1.82) is 0 Å². The summed E-state index contributed by atoms with van der Waals surface area (Å²) >= 11 is 0. The van der Waals surface area contributed by atoms with Crippen LogP contribution in [0.15, 0.2) is 18.2 Å². The Bertz CT molecular complexity index is 770. The van der Waals surface area contributed by atoms with E-state index in [1.807, 2.05) is 6.07 Å². The summed E-state index contributed by atoms with van der Waals surface area (Å²) in [5.41, 5.74) is 1.91. The van der Waals surface area contributed by atoms with Gasteiger partial charge in [-0.2, -0.15) is 0 Å². The summed E-state index contributed by atoms with van der Waals surface area (Å²) < 4.78 is 5.22. The predicted molar refractivity (Wildman–Crippen MR) is 101 cm³/mol. The Morgan fingerprint density at radius 1 is 1.19 bits per heavy atom. The molecule has 2 saturated heterocycles. The minimum atomic E-state index is -0.547. The third-order valence-electron chi connectivity index (χ3n) is 5.82. The van der Waals surface area contributed by atoms with E-state index in [2.05, 4.69) is 17.1 Å². The molecule has 144 valence electrons. The van der Waals surface area contributed by atoms with E-state index in [9.17, 15) is 14.4 Å². The summed E-state index contributed by atoms with van der Waals surface area (Å²) in [5.74, 6) is -0.0896. The first kappa shape index (κ1) is 17.8.